The summed E-state index contributed by atoms with van der Waals surface area (Å²) in [4.78, 5) is 39.4. The van der Waals surface area contributed by atoms with Crippen molar-refractivity contribution in [3.05, 3.63) is 29.5 Å². The number of hydrogen-bond donors (Lipinski definition) is 3. The Morgan fingerprint density at radius 2 is 1.94 bits per heavy atom. The third-order valence-corrected chi connectivity index (χ3v) is 8.20. The number of hydroxylamine groups is 1. The first-order valence-corrected chi connectivity index (χ1v) is 12.6. The molecular weight excluding hydrogens is 464 g/mol. The topological polar surface area (TPSA) is 149 Å². The minimum absolute atomic E-state index is 0.101. The zero-order chi connectivity index (χ0) is 24.8. The number of furan rings is 1. The number of hydrogen-bond acceptors (Lipinski definition) is 7. The molecule has 1 aromatic heterocycles. The highest BCUT2D eigenvalue weighted by molar-refractivity contribution is 7.89. The minimum atomic E-state index is -4.19. The van der Waals surface area contributed by atoms with Crippen molar-refractivity contribution in [2.75, 3.05) is 13.6 Å². The largest absolute Gasteiger partial charge is 0.461 e. The number of nitrogens with one attached hydrogen (secondary N) is 2. The summed E-state index contributed by atoms with van der Waals surface area (Å²) in [6.07, 6.45) is 3.53. The predicted octanol–water partition coefficient (Wildman–Crippen LogP) is 1.53. The van der Waals surface area contributed by atoms with Crippen LogP contribution in [0.4, 0.5) is 4.79 Å². The number of urea groups is 1. The number of aryl methyl sites for hydroxylation is 2. The molecule has 1 aliphatic carbocycles. The Labute approximate surface area is 197 Å². The minimum Gasteiger partial charge on any atom is -0.461 e. The summed E-state index contributed by atoms with van der Waals surface area (Å²) in [7, 11) is -2.71. The summed E-state index contributed by atoms with van der Waals surface area (Å²) >= 11 is 0. The molecule has 1 saturated heterocycles. The molecule has 1 aromatic carbocycles. The predicted molar refractivity (Wildman–Crippen MR) is 120 cm³/mol. The van der Waals surface area contributed by atoms with Crippen LogP contribution in [0.3, 0.4) is 0 Å². The third-order valence-electron chi connectivity index (χ3n) is 6.73. The van der Waals surface area contributed by atoms with Crippen LogP contribution in [0.5, 0.6) is 0 Å². The highest BCUT2D eigenvalue weighted by atomic mass is 32.2. The number of carbonyl (C=O) groups is 3. The molecular formula is C22H28N4O7S. The van der Waals surface area contributed by atoms with Gasteiger partial charge < -0.3 is 9.32 Å². The Balaban J connectivity index is 1.54. The SMILES string of the molecule is CN1C(=O)N(CCC(NS(=O)(=O)c2ccc3c4c(oc3c2)CCCC4)C(=O)NO)C(=O)C1(C)C. The van der Waals surface area contributed by atoms with Gasteiger partial charge in [0.25, 0.3) is 11.8 Å². The zero-order valence-corrected chi connectivity index (χ0v) is 20.1. The van der Waals surface area contributed by atoms with Crippen LogP contribution in [-0.2, 0) is 32.5 Å². The van der Waals surface area contributed by atoms with E-state index in [0.29, 0.717) is 5.58 Å². The number of nitrogens with zero attached hydrogens (tertiary/aromatic N) is 2. The van der Waals surface area contributed by atoms with E-state index in [1.54, 1.807) is 19.9 Å². The maximum absolute atomic E-state index is 13.1. The lowest BCUT2D eigenvalue weighted by molar-refractivity contribution is -0.133. The third kappa shape index (κ3) is 4.05. The number of amides is 4. The Hall–Kier alpha value is -2.96. The van der Waals surface area contributed by atoms with Crippen molar-refractivity contribution in [3.8, 4) is 0 Å². The first-order chi connectivity index (χ1) is 16.0. The van der Waals surface area contributed by atoms with E-state index < -0.39 is 39.4 Å². The van der Waals surface area contributed by atoms with Crippen LogP contribution in [0.1, 0.15) is 44.4 Å². The van der Waals surface area contributed by atoms with Crippen LogP contribution >= 0.6 is 0 Å². The summed E-state index contributed by atoms with van der Waals surface area (Å²) in [5.41, 5.74) is 1.94. The first kappa shape index (κ1) is 24.2. The molecule has 1 aliphatic heterocycles. The van der Waals surface area contributed by atoms with E-state index in [9.17, 15) is 22.8 Å². The molecule has 3 N–H and O–H groups in total. The number of benzene rings is 1. The van der Waals surface area contributed by atoms with Crippen molar-refractivity contribution in [2.45, 2.75) is 62.4 Å². The normalized spacial score (nSPS) is 18.9. The number of imide groups is 1. The quantitative estimate of drug-likeness (QED) is 0.301. The molecule has 34 heavy (non-hydrogen) atoms. The van der Waals surface area contributed by atoms with Gasteiger partial charge in [0.05, 0.1) is 4.90 Å². The van der Waals surface area contributed by atoms with Crippen LogP contribution < -0.4 is 10.2 Å². The average Bonchev–Trinajstić information content (AvgIpc) is 3.25. The second kappa shape index (κ2) is 8.67. The lowest BCUT2D eigenvalue weighted by Gasteiger charge is -2.22. The van der Waals surface area contributed by atoms with Crippen molar-refractivity contribution in [1.29, 1.82) is 0 Å². The molecule has 184 valence electrons. The van der Waals surface area contributed by atoms with Gasteiger partial charge >= 0.3 is 6.03 Å². The lowest BCUT2D eigenvalue weighted by atomic mass is 9.96. The van der Waals surface area contributed by atoms with Gasteiger partial charge in [0.2, 0.25) is 10.0 Å². The average molecular weight is 493 g/mol. The van der Waals surface area contributed by atoms with Crippen molar-refractivity contribution >= 4 is 38.8 Å². The summed E-state index contributed by atoms with van der Waals surface area (Å²) < 4.78 is 34.3. The Kier molecular flexibility index (Phi) is 6.17. The number of sulfonamides is 1. The van der Waals surface area contributed by atoms with E-state index in [2.05, 4.69) is 4.72 Å². The molecule has 4 rings (SSSR count). The van der Waals surface area contributed by atoms with Gasteiger partial charge in [-0.1, -0.05) is 0 Å². The summed E-state index contributed by atoms with van der Waals surface area (Å²) in [5.74, 6) is -0.600. The second-order valence-electron chi connectivity index (χ2n) is 9.16. The monoisotopic (exact) mass is 492 g/mol. The van der Waals surface area contributed by atoms with Crippen LogP contribution in [0.25, 0.3) is 11.0 Å². The summed E-state index contributed by atoms with van der Waals surface area (Å²) in [6.45, 7) is 2.98. The van der Waals surface area contributed by atoms with Crippen molar-refractivity contribution in [3.63, 3.8) is 0 Å². The van der Waals surface area contributed by atoms with Gasteiger partial charge in [-0.2, -0.15) is 4.72 Å². The maximum Gasteiger partial charge on any atom is 0.327 e. The number of rotatable bonds is 7. The van der Waals surface area contributed by atoms with Crippen LogP contribution in [0.2, 0.25) is 0 Å². The standard InChI is InChI=1S/C22H28N4O7S/c1-22(2)20(28)26(21(29)25(22)3)11-10-16(19(27)23-30)24-34(31,32)13-8-9-15-14-6-4-5-7-17(14)33-18(15)12-13/h8-9,12,16,24,30H,4-7,10-11H2,1-3H3,(H,23,27). The van der Waals surface area contributed by atoms with Gasteiger partial charge in [-0.05, 0) is 51.7 Å². The fourth-order valence-corrected chi connectivity index (χ4v) is 5.67. The molecule has 2 aliphatic rings. The molecule has 1 unspecified atom stereocenters. The van der Waals surface area contributed by atoms with Gasteiger partial charge in [0, 0.05) is 37.0 Å². The lowest BCUT2D eigenvalue weighted by Crippen LogP contribution is -2.48. The molecule has 1 atom stereocenters. The van der Waals surface area contributed by atoms with Gasteiger partial charge in [0.1, 0.15) is 22.9 Å². The van der Waals surface area contributed by atoms with Crippen LogP contribution in [0.15, 0.2) is 27.5 Å². The molecule has 1 fully saturated rings. The second-order valence-corrected chi connectivity index (χ2v) is 10.9. The summed E-state index contributed by atoms with van der Waals surface area (Å²) in [6, 6.07) is 2.57. The molecule has 11 nitrogen and oxygen atoms in total. The highest BCUT2D eigenvalue weighted by Gasteiger charge is 2.49. The van der Waals surface area contributed by atoms with Gasteiger partial charge in [0.15, 0.2) is 0 Å². The van der Waals surface area contributed by atoms with Crippen molar-refractivity contribution < 1.29 is 32.4 Å². The highest BCUT2D eigenvalue weighted by Crippen LogP contribution is 2.33. The summed E-state index contributed by atoms with van der Waals surface area (Å²) in [5, 5.41) is 9.99. The number of likely N-dealkylation sites (N-methyl/N-ethyl adjacent to an activating group) is 1. The van der Waals surface area contributed by atoms with E-state index >= 15 is 0 Å². The van der Waals surface area contributed by atoms with E-state index in [1.807, 2.05) is 0 Å². The van der Waals surface area contributed by atoms with Gasteiger partial charge in [-0.3, -0.25) is 19.7 Å². The van der Waals surface area contributed by atoms with E-state index in [1.165, 1.54) is 29.6 Å². The van der Waals surface area contributed by atoms with Gasteiger partial charge in [-0.15, -0.1) is 0 Å². The Bertz CT molecular complexity index is 1270. The Morgan fingerprint density at radius 3 is 2.59 bits per heavy atom. The van der Waals surface area contributed by atoms with Crippen LogP contribution in [0, 0.1) is 0 Å². The number of carbonyl (C=O) groups excluding carboxylic acids is 3. The molecule has 4 amide bonds. The van der Waals surface area contributed by atoms with E-state index in [-0.39, 0.29) is 17.9 Å². The zero-order valence-electron chi connectivity index (χ0n) is 19.3. The van der Waals surface area contributed by atoms with E-state index in [0.717, 1.165) is 47.3 Å². The van der Waals surface area contributed by atoms with Crippen molar-refractivity contribution in [2.24, 2.45) is 0 Å². The van der Waals surface area contributed by atoms with Crippen LogP contribution in [-0.4, -0.2) is 66.4 Å². The Morgan fingerprint density at radius 1 is 1.24 bits per heavy atom. The molecule has 12 heteroatoms. The molecule has 0 bridgehead atoms. The van der Waals surface area contributed by atoms with Crippen molar-refractivity contribution in [1.82, 2.24) is 20.0 Å². The number of fused-ring (bicyclic) bond motifs is 3. The molecule has 0 spiro atoms. The molecule has 2 aromatic rings. The van der Waals surface area contributed by atoms with Gasteiger partial charge in [-0.25, -0.2) is 18.7 Å². The molecule has 0 radical (unpaired) electrons. The fourth-order valence-electron chi connectivity index (χ4n) is 4.42. The smallest absolute Gasteiger partial charge is 0.327 e. The fraction of sp³-hybridized carbons (Fsp3) is 0.500. The van der Waals surface area contributed by atoms with E-state index in [4.69, 9.17) is 9.62 Å². The first-order valence-electron chi connectivity index (χ1n) is 11.1. The maximum atomic E-state index is 13.1. The molecule has 0 saturated carbocycles. The molecule has 2 heterocycles.